The van der Waals surface area contributed by atoms with Crippen LogP contribution in [0, 0.1) is 6.92 Å². The van der Waals surface area contributed by atoms with Crippen molar-refractivity contribution in [2.45, 2.75) is 47.0 Å². The predicted octanol–water partition coefficient (Wildman–Crippen LogP) is 5.61. The Hall–Kier alpha value is -2.09. The van der Waals surface area contributed by atoms with Crippen LogP contribution in [0.15, 0.2) is 66.8 Å². The van der Waals surface area contributed by atoms with E-state index in [0.29, 0.717) is 0 Å². The second-order valence-electron chi connectivity index (χ2n) is 4.98. The zero-order valence-corrected chi connectivity index (χ0v) is 15.4. The molecule has 0 heterocycles. The van der Waals surface area contributed by atoms with Crippen LogP contribution in [-0.2, 0) is 4.79 Å². The van der Waals surface area contributed by atoms with Crippen molar-refractivity contribution in [1.29, 1.82) is 0 Å². The Morgan fingerprint density at radius 2 is 1.74 bits per heavy atom. The highest BCUT2D eigenvalue weighted by atomic mass is 16.1. The highest BCUT2D eigenvalue weighted by molar-refractivity contribution is 5.88. The van der Waals surface area contributed by atoms with Gasteiger partial charge < -0.3 is 5.32 Å². The van der Waals surface area contributed by atoms with Crippen LogP contribution in [0.25, 0.3) is 0 Å². The zero-order chi connectivity index (χ0) is 17.9. The van der Waals surface area contributed by atoms with Crippen molar-refractivity contribution in [1.82, 2.24) is 5.32 Å². The summed E-state index contributed by atoms with van der Waals surface area (Å²) in [7, 11) is 1.62. The average molecular weight is 316 g/mol. The molecular formula is C21H33NO. The van der Waals surface area contributed by atoms with E-state index in [9.17, 15) is 4.79 Å². The topological polar surface area (TPSA) is 29.1 Å². The first-order valence-corrected chi connectivity index (χ1v) is 8.26. The maximum atomic E-state index is 11.0. The molecule has 1 N–H and O–H groups in total. The molecule has 1 amide bonds. The highest BCUT2D eigenvalue weighted by Crippen LogP contribution is 2.03. The van der Waals surface area contributed by atoms with Crippen LogP contribution in [0.5, 0.6) is 0 Å². The first-order chi connectivity index (χ1) is 11.0. The summed E-state index contributed by atoms with van der Waals surface area (Å²) in [5.74, 6) is -0.0555. The smallest absolute Gasteiger partial charge is 0.243 e. The van der Waals surface area contributed by atoms with Gasteiger partial charge in [-0.2, -0.15) is 0 Å². The van der Waals surface area contributed by atoms with Crippen LogP contribution in [-0.4, -0.2) is 13.0 Å². The van der Waals surface area contributed by atoms with Gasteiger partial charge in [-0.05, 0) is 25.3 Å². The molecule has 0 aliphatic rings. The van der Waals surface area contributed by atoms with Crippen molar-refractivity contribution in [2.75, 3.05) is 7.05 Å². The Morgan fingerprint density at radius 3 is 2.09 bits per heavy atom. The van der Waals surface area contributed by atoms with Crippen molar-refractivity contribution in [2.24, 2.45) is 0 Å². The molecule has 23 heavy (non-hydrogen) atoms. The molecule has 0 radical (unpaired) electrons. The van der Waals surface area contributed by atoms with Crippen LogP contribution in [0.1, 0.15) is 45.6 Å². The number of hydrogen-bond donors (Lipinski definition) is 1. The van der Waals surface area contributed by atoms with Crippen LogP contribution < -0.4 is 5.32 Å². The quantitative estimate of drug-likeness (QED) is 0.427. The van der Waals surface area contributed by atoms with E-state index in [0.717, 1.165) is 18.4 Å². The van der Waals surface area contributed by atoms with Crippen molar-refractivity contribution < 1.29 is 4.79 Å². The number of benzene rings is 1. The van der Waals surface area contributed by atoms with Gasteiger partial charge in [0.05, 0.1) is 0 Å². The van der Waals surface area contributed by atoms with Crippen molar-refractivity contribution >= 4 is 5.91 Å². The SMILES string of the molecule is C=CC/C=C\C(=C\C(=O)NC)CC.CCC.Cc1ccccc1. The van der Waals surface area contributed by atoms with Crippen molar-refractivity contribution in [3.63, 3.8) is 0 Å². The molecular weight excluding hydrogens is 282 g/mol. The molecule has 0 saturated carbocycles. The minimum atomic E-state index is -0.0555. The molecule has 1 rings (SSSR count). The maximum absolute atomic E-state index is 11.0. The second-order valence-corrected chi connectivity index (χ2v) is 4.98. The van der Waals surface area contributed by atoms with Gasteiger partial charge in [0.1, 0.15) is 0 Å². The molecule has 0 aromatic heterocycles. The molecule has 0 unspecified atom stereocenters. The summed E-state index contributed by atoms with van der Waals surface area (Å²) in [6, 6.07) is 10.3. The minimum Gasteiger partial charge on any atom is -0.356 e. The van der Waals surface area contributed by atoms with E-state index < -0.39 is 0 Å². The molecule has 0 atom stereocenters. The second kappa shape index (κ2) is 18.0. The number of rotatable bonds is 5. The lowest BCUT2D eigenvalue weighted by Gasteiger charge is -1.96. The van der Waals surface area contributed by atoms with E-state index in [1.165, 1.54) is 12.0 Å². The molecule has 1 aromatic carbocycles. The summed E-state index contributed by atoms with van der Waals surface area (Å²) in [4.78, 5) is 11.0. The number of amides is 1. The molecule has 0 aliphatic heterocycles. The zero-order valence-electron chi connectivity index (χ0n) is 15.4. The summed E-state index contributed by atoms with van der Waals surface area (Å²) in [5, 5.41) is 2.55. The number of carbonyl (C=O) groups is 1. The van der Waals surface area contributed by atoms with Crippen molar-refractivity contribution in [3.05, 3.63) is 72.4 Å². The average Bonchev–Trinajstić information content (AvgIpc) is 2.56. The molecule has 0 aliphatic carbocycles. The van der Waals surface area contributed by atoms with E-state index in [1.54, 1.807) is 13.1 Å². The van der Waals surface area contributed by atoms with Gasteiger partial charge in [0.2, 0.25) is 5.91 Å². The lowest BCUT2D eigenvalue weighted by Crippen LogP contribution is -2.14. The first-order valence-electron chi connectivity index (χ1n) is 8.26. The Morgan fingerprint density at radius 1 is 1.17 bits per heavy atom. The van der Waals surface area contributed by atoms with Gasteiger partial charge >= 0.3 is 0 Å². The number of allylic oxidation sites excluding steroid dienone is 4. The number of carbonyl (C=O) groups excluding carboxylic acids is 1. The summed E-state index contributed by atoms with van der Waals surface area (Å²) >= 11 is 0. The van der Waals surface area contributed by atoms with E-state index >= 15 is 0 Å². The van der Waals surface area contributed by atoms with Crippen LogP contribution in [0.4, 0.5) is 0 Å². The molecule has 128 valence electrons. The highest BCUT2D eigenvalue weighted by Gasteiger charge is 1.93. The summed E-state index contributed by atoms with van der Waals surface area (Å²) in [6.07, 6.45) is 10.3. The van der Waals surface area contributed by atoms with Gasteiger partial charge in [-0.1, -0.05) is 81.3 Å². The van der Waals surface area contributed by atoms with Gasteiger partial charge in [-0.15, -0.1) is 6.58 Å². The molecule has 0 saturated heterocycles. The molecule has 2 heteroatoms. The summed E-state index contributed by atoms with van der Waals surface area (Å²) in [6.45, 7) is 12.0. The third-order valence-electron chi connectivity index (χ3n) is 2.55. The number of nitrogens with one attached hydrogen (secondary N) is 1. The number of hydrogen-bond acceptors (Lipinski definition) is 1. The lowest BCUT2D eigenvalue weighted by molar-refractivity contribution is -0.116. The van der Waals surface area contributed by atoms with E-state index in [1.807, 2.05) is 43.4 Å². The van der Waals surface area contributed by atoms with Gasteiger partial charge in [-0.3, -0.25) is 4.79 Å². The normalized spacial score (nSPS) is 10.0. The van der Waals surface area contributed by atoms with Gasteiger partial charge in [-0.25, -0.2) is 0 Å². The third kappa shape index (κ3) is 17.9. The third-order valence-corrected chi connectivity index (χ3v) is 2.55. The molecule has 1 aromatic rings. The fraction of sp³-hybridized carbons (Fsp3) is 0.381. The Bertz CT molecular complexity index is 458. The van der Waals surface area contributed by atoms with Gasteiger partial charge in [0, 0.05) is 13.1 Å². The minimum absolute atomic E-state index is 0.0555. The van der Waals surface area contributed by atoms with Crippen LogP contribution in [0.2, 0.25) is 0 Å². The standard InChI is InChI=1S/C11H17NO.C7H8.C3H8/c1-4-6-7-8-10(5-2)9-11(13)12-3;1-7-5-3-2-4-6-7;1-3-2/h4,7-9H,1,5-6H2,2-3H3,(H,12,13);2-6H,1H3;3H2,1-2H3/b8-7-,10-9+;;. The Kier molecular flexibility index (Phi) is 18.1. The summed E-state index contributed by atoms with van der Waals surface area (Å²) < 4.78 is 0. The Balaban J connectivity index is 0. The van der Waals surface area contributed by atoms with E-state index in [2.05, 4.69) is 44.8 Å². The van der Waals surface area contributed by atoms with E-state index in [4.69, 9.17) is 0 Å². The monoisotopic (exact) mass is 315 g/mol. The van der Waals surface area contributed by atoms with Gasteiger partial charge in [0.25, 0.3) is 0 Å². The molecule has 0 fully saturated rings. The fourth-order valence-electron chi connectivity index (χ4n) is 1.36. The first kappa shape index (κ1) is 23.2. The van der Waals surface area contributed by atoms with Crippen LogP contribution >= 0.6 is 0 Å². The fourth-order valence-corrected chi connectivity index (χ4v) is 1.36. The number of likely N-dealkylation sites (N-methyl/N-ethyl adjacent to an activating group) is 1. The lowest BCUT2D eigenvalue weighted by atomic mass is 10.1. The maximum Gasteiger partial charge on any atom is 0.243 e. The van der Waals surface area contributed by atoms with E-state index in [-0.39, 0.29) is 5.91 Å². The predicted molar refractivity (Wildman–Crippen MR) is 104 cm³/mol. The molecule has 2 nitrogen and oxygen atoms in total. The largest absolute Gasteiger partial charge is 0.356 e. The van der Waals surface area contributed by atoms with Crippen LogP contribution in [0.3, 0.4) is 0 Å². The molecule has 0 spiro atoms. The van der Waals surface area contributed by atoms with Crippen molar-refractivity contribution in [3.8, 4) is 0 Å². The molecule has 0 bridgehead atoms. The Labute approximate surface area is 143 Å². The van der Waals surface area contributed by atoms with Gasteiger partial charge in [0.15, 0.2) is 0 Å². The summed E-state index contributed by atoms with van der Waals surface area (Å²) in [5.41, 5.74) is 2.35. The number of aryl methyl sites for hydroxylation is 1.